The minimum absolute atomic E-state index is 0.215. The SMILES string of the molecule is C[C@]1(COc2ccc(N3CCN(C/C=C/c4cccc(OC(F)(F)F)c4)CC3)cc2)Cn2cc([N+](=O)[O-])nc2O1. The average molecular weight is 560 g/mol. The number of nitrogens with zero attached hydrogens (tertiary/aromatic N) is 5. The fourth-order valence-corrected chi connectivity index (χ4v) is 4.69. The minimum Gasteiger partial charge on any atom is -0.489 e. The first-order valence-electron chi connectivity index (χ1n) is 12.7. The molecule has 10 nitrogen and oxygen atoms in total. The molecule has 3 heterocycles. The van der Waals surface area contributed by atoms with Crippen molar-refractivity contribution in [1.29, 1.82) is 0 Å². The van der Waals surface area contributed by atoms with Crippen LogP contribution >= 0.6 is 0 Å². The summed E-state index contributed by atoms with van der Waals surface area (Å²) in [5.41, 5.74) is 1.05. The summed E-state index contributed by atoms with van der Waals surface area (Å²) in [6, 6.07) is 13.9. The highest BCUT2D eigenvalue weighted by Crippen LogP contribution is 2.32. The number of aromatic nitrogens is 2. The number of hydrogen-bond acceptors (Lipinski definition) is 8. The maximum atomic E-state index is 12.4. The molecular weight excluding hydrogens is 531 g/mol. The van der Waals surface area contributed by atoms with E-state index >= 15 is 0 Å². The molecule has 1 saturated heterocycles. The zero-order chi connectivity index (χ0) is 28.3. The van der Waals surface area contributed by atoms with Crippen molar-refractivity contribution < 1.29 is 32.3 Å². The second kappa shape index (κ2) is 11.1. The smallest absolute Gasteiger partial charge is 0.489 e. The van der Waals surface area contributed by atoms with E-state index in [-0.39, 0.29) is 24.2 Å². The standard InChI is InChI=1S/C27H28F3N5O5/c1-26(18-34-17-24(35(36)37)31-25(34)40-26)19-38-22-9-7-21(8-10-22)33-14-12-32(13-15-33)11-3-5-20-4-2-6-23(16-20)39-27(28,29)30/h2-10,16-17H,11-15,18-19H2,1H3/b5-3+/t26-/m1/s1. The van der Waals surface area contributed by atoms with Crippen LogP contribution < -0.4 is 19.1 Å². The Morgan fingerprint density at radius 3 is 2.55 bits per heavy atom. The first-order chi connectivity index (χ1) is 19.1. The van der Waals surface area contributed by atoms with Gasteiger partial charge in [-0.05, 0) is 53.8 Å². The van der Waals surface area contributed by atoms with Gasteiger partial charge in [0, 0.05) is 43.4 Å². The number of imidazole rings is 1. The van der Waals surface area contributed by atoms with Crippen molar-refractivity contribution in [1.82, 2.24) is 14.5 Å². The van der Waals surface area contributed by atoms with E-state index in [1.807, 2.05) is 37.3 Å². The van der Waals surface area contributed by atoms with Gasteiger partial charge in [0.25, 0.3) is 0 Å². The van der Waals surface area contributed by atoms with Gasteiger partial charge in [-0.2, -0.15) is 0 Å². The Morgan fingerprint density at radius 2 is 1.88 bits per heavy atom. The number of anilines is 1. The molecule has 0 bridgehead atoms. The summed E-state index contributed by atoms with van der Waals surface area (Å²) in [5, 5.41) is 10.9. The predicted molar refractivity (Wildman–Crippen MR) is 141 cm³/mol. The molecule has 2 aliphatic rings. The molecule has 13 heteroatoms. The summed E-state index contributed by atoms with van der Waals surface area (Å²) in [4.78, 5) is 18.8. The molecule has 1 fully saturated rings. The lowest BCUT2D eigenvalue weighted by atomic mass is 10.1. The van der Waals surface area contributed by atoms with Crippen molar-refractivity contribution in [2.75, 3.05) is 44.2 Å². The molecule has 212 valence electrons. The monoisotopic (exact) mass is 559 g/mol. The van der Waals surface area contributed by atoms with Gasteiger partial charge in [-0.3, -0.25) is 9.47 Å². The molecule has 2 aliphatic heterocycles. The Bertz CT molecular complexity index is 1340. The Labute approximate surface area is 228 Å². The summed E-state index contributed by atoms with van der Waals surface area (Å²) >= 11 is 0. The molecule has 0 amide bonds. The quantitative estimate of drug-likeness (QED) is 0.274. The van der Waals surface area contributed by atoms with Gasteiger partial charge in [-0.15, -0.1) is 13.2 Å². The van der Waals surface area contributed by atoms with E-state index in [2.05, 4.69) is 19.5 Å². The molecule has 1 atom stereocenters. The van der Waals surface area contributed by atoms with Crippen LogP contribution in [0, 0.1) is 10.1 Å². The highest BCUT2D eigenvalue weighted by molar-refractivity contribution is 5.52. The first-order valence-corrected chi connectivity index (χ1v) is 12.7. The largest absolute Gasteiger partial charge is 0.573 e. The number of benzene rings is 2. The summed E-state index contributed by atoms with van der Waals surface area (Å²) in [7, 11) is 0. The van der Waals surface area contributed by atoms with Gasteiger partial charge < -0.3 is 29.2 Å². The van der Waals surface area contributed by atoms with E-state index < -0.39 is 16.9 Å². The summed E-state index contributed by atoms with van der Waals surface area (Å²) < 4.78 is 54.6. The van der Waals surface area contributed by atoms with Crippen LogP contribution in [0.3, 0.4) is 0 Å². The molecule has 1 aromatic heterocycles. The minimum atomic E-state index is -4.71. The van der Waals surface area contributed by atoms with Crippen molar-refractivity contribution in [3.05, 3.63) is 76.5 Å². The van der Waals surface area contributed by atoms with E-state index in [9.17, 15) is 23.3 Å². The summed E-state index contributed by atoms with van der Waals surface area (Å²) in [6.07, 6.45) is 0.389. The van der Waals surface area contributed by atoms with Crippen LogP contribution in [0.5, 0.6) is 17.5 Å². The Kier molecular flexibility index (Phi) is 7.57. The normalized spacial score (nSPS) is 19.4. The molecule has 0 N–H and O–H groups in total. The highest BCUT2D eigenvalue weighted by atomic mass is 19.4. The van der Waals surface area contributed by atoms with Crippen molar-refractivity contribution in [3.63, 3.8) is 0 Å². The molecule has 3 aromatic rings. The lowest BCUT2D eigenvalue weighted by Gasteiger charge is -2.35. The summed E-state index contributed by atoms with van der Waals surface area (Å²) in [6.45, 7) is 6.60. The van der Waals surface area contributed by atoms with Crippen LogP contribution in [0.4, 0.5) is 24.7 Å². The number of alkyl halides is 3. The van der Waals surface area contributed by atoms with E-state index in [4.69, 9.17) is 9.47 Å². The molecule has 2 aromatic carbocycles. The maximum absolute atomic E-state index is 12.4. The van der Waals surface area contributed by atoms with Crippen LogP contribution in [0.2, 0.25) is 0 Å². The predicted octanol–water partition coefficient (Wildman–Crippen LogP) is 4.76. The second-order valence-corrected chi connectivity index (χ2v) is 9.91. The Balaban J connectivity index is 1.06. The van der Waals surface area contributed by atoms with Gasteiger partial charge in [0.2, 0.25) is 0 Å². The van der Waals surface area contributed by atoms with Crippen LogP contribution in [-0.2, 0) is 6.54 Å². The van der Waals surface area contributed by atoms with Crippen molar-refractivity contribution >= 4 is 17.6 Å². The lowest BCUT2D eigenvalue weighted by molar-refractivity contribution is -0.389. The number of rotatable bonds is 9. The van der Waals surface area contributed by atoms with Crippen LogP contribution in [0.1, 0.15) is 12.5 Å². The summed E-state index contributed by atoms with van der Waals surface area (Å²) in [5.74, 6) is 0.217. The number of ether oxygens (including phenoxy) is 3. The van der Waals surface area contributed by atoms with E-state index in [0.717, 1.165) is 31.9 Å². The zero-order valence-electron chi connectivity index (χ0n) is 21.7. The number of halogens is 3. The Hall–Kier alpha value is -4.26. The van der Waals surface area contributed by atoms with Crippen LogP contribution in [0.25, 0.3) is 6.08 Å². The topological polar surface area (TPSA) is 95.1 Å². The molecule has 0 saturated carbocycles. The first kappa shape index (κ1) is 27.3. The molecule has 0 spiro atoms. The van der Waals surface area contributed by atoms with Crippen molar-refractivity contribution in [2.24, 2.45) is 0 Å². The third-order valence-electron chi connectivity index (χ3n) is 6.64. The van der Waals surface area contributed by atoms with Crippen LogP contribution in [0.15, 0.2) is 60.8 Å². The molecule has 0 aliphatic carbocycles. The van der Waals surface area contributed by atoms with Gasteiger partial charge in [-0.25, -0.2) is 0 Å². The lowest BCUT2D eigenvalue weighted by Crippen LogP contribution is -2.46. The van der Waals surface area contributed by atoms with E-state index in [1.54, 1.807) is 16.7 Å². The third kappa shape index (κ3) is 6.84. The Morgan fingerprint density at radius 1 is 1.12 bits per heavy atom. The van der Waals surface area contributed by atoms with Gasteiger partial charge in [0.1, 0.15) is 24.3 Å². The number of piperazine rings is 1. The molecule has 40 heavy (non-hydrogen) atoms. The van der Waals surface area contributed by atoms with Crippen molar-refractivity contribution in [3.8, 4) is 17.5 Å². The van der Waals surface area contributed by atoms with Gasteiger partial charge >= 0.3 is 18.2 Å². The number of hydrogen-bond donors (Lipinski definition) is 0. The molecular formula is C27H28F3N5O5. The zero-order valence-corrected chi connectivity index (χ0v) is 21.7. The average Bonchev–Trinajstić information content (AvgIpc) is 3.43. The second-order valence-electron chi connectivity index (χ2n) is 9.91. The highest BCUT2D eigenvalue weighted by Gasteiger charge is 2.41. The fourth-order valence-electron chi connectivity index (χ4n) is 4.69. The van der Waals surface area contributed by atoms with Gasteiger partial charge in [-0.1, -0.05) is 24.3 Å². The van der Waals surface area contributed by atoms with Crippen molar-refractivity contribution in [2.45, 2.75) is 25.4 Å². The van der Waals surface area contributed by atoms with E-state index in [0.29, 0.717) is 24.4 Å². The van der Waals surface area contributed by atoms with Gasteiger partial charge in [0.05, 0.1) is 6.54 Å². The molecule has 0 unspecified atom stereocenters. The maximum Gasteiger partial charge on any atom is 0.573 e. The van der Waals surface area contributed by atoms with E-state index in [1.165, 1.54) is 24.4 Å². The molecule has 0 radical (unpaired) electrons. The number of nitro groups is 1. The molecule has 5 rings (SSSR count). The van der Waals surface area contributed by atoms with Gasteiger partial charge in [0.15, 0.2) is 5.60 Å². The fraction of sp³-hybridized carbons (Fsp3) is 0.370. The third-order valence-corrected chi connectivity index (χ3v) is 6.64. The number of fused-ring (bicyclic) bond motifs is 1. The van der Waals surface area contributed by atoms with Crippen LogP contribution in [-0.4, -0.2) is 70.7 Å².